The van der Waals surface area contributed by atoms with E-state index in [9.17, 15) is 9.90 Å². The van der Waals surface area contributed by atoms with Crippen LogP contribution in [0.1, 0.15) is 19.3 Å². The smallest absolute Gasteiger partial charge is 0.240 e. The van der Waals surface area contributed by atoms with Gasteiger partial charge in [0.2, 0.25) is 5.91 Å². The number of aromatic nitrogens is 1. The van der Waals surface area contributed by atoms with Gasteiger partial charge >= 0.3 is 0 Å². The van der Waals surface area contributed by atoms with E-state index in [2.05, 4.69) is 5.32 Å². The first kappa shape index (κ1) is 15.9. The Hall–Kier alpha value is -1.56. The van der Waals surface area contributed by atoms with E-state index in [1.807, 2.05) is 35.0 Å². The number of benzene rings is 1. The molecule has 1 spiro atoms. The van der Waals surface area contributed by atoms with Gasteiger partial charge in [0, 0.05) is 41.4 Å². The molecule has 128 valence electrons. The minimum Gasteiger partial charge on any atom is -0.392 e. The van der Waals surface area contributed by atoms with Crippen molar-refractivity contribution in [3.63, 3.8) is 0 Å². The Labute approximate surface area is 145 Å². The summed E-state index contributed by atoms with van der Waals surface area (Å²) >= 11 is 6.06. The quantitative estimate of drug-likeness (QED) is 0.895. The van der Waals surface area contributed by atoms with E-state index in [-0.39, 0.29) is 30.0 Å². The van der Waals surface area contributed by atoms with Gasteiger partial charge in [-0.05, 0) is 42.8 Å². The van der Waals surface area contributed by atoms with Gasteiger partial charge in [-0.1, -0.05) is 17.7 Å². The molecule has 1 aromatic heterocycles. The lowest BCUT2D eigenvalue weighted by Crippen LogP contribution is -2.65. The van der Waals surface area contributed by atoms with Crippen molar-refractivity contribution in [2.24, 2.45) is 5.41 Å². The fraction of sp³-hybridized carbons (Fsp3) is 0.500. The number of hydrogen-bond donors (Lipinski definition) is 2. The first-order valence-corrected chi connectivity index (χ1v) is 8.76. The highest BCUT2D eigenvalue weighted by Gasteiger charge is 2.55. The number of carbonyl (C=O) groups is 1. The zero-order valence-corrected chi connectivity index (χ0v) is 14.1. The fourth-order valence-corrected chi connectivity index (χ4v) is 4.26. The largest absolute Gasteiger partial charge is 0.392 e. The van der Waals surface area contributed by atoms with Crippen LogP contribution in [0, 0.1) is 5.41 Å². The summed E-state index contributed by atoms with van der Waals surface area (Å²) in [6.45, 7) is 1.57. The first-order chi connectivity index (χ1) is 11.6. The van der Waals surface area contributed by atoms with Crippen molar-refractivity contribution in [2.45, 2.75) is 38.0 Å². The van der Waals surface area contributed by atoms with Crippen LogP contribution in [-0.4, -0.2) is 40.9 Å². The molecule has 2 aliphatic rings. The van der Waals surface area contributed by atoms with Crippen molar-refractivity contribution in [1.29, 1.82) is 0 Å². The Morgan fingerprint density at radius 3 is 2.92 bits per heavy atom. The van der Waals surface area contributed by atoms with Gasteiger partial charge in [-0.2, -0.15) is 0 Å². The second-order valence-electron chi connectivity index (χ2n) is 6.86. The minimum atomic E-state index is -0.335. The Morgan fingerprint density at radius 1 is 1.38 bits per heavy atom. The van der Waals surface area contributed by atoms with Crippen molar-refractivity contribution in [3.8, 4) is 0 Å². The van der Waals surface area contributed by atoms with E-state index >= 15 is 0 Å². The Morgan fingerprint density at radius 2 is 2.17 bits per heavy atom. The molecule has 1 saturated carbocycles. The van der Waals surface area contributed by atoms with Crippen LogP contribution in [0.4, 0.5) is 0 Å². The lowest BCUT2D eigenvalue weighted by molar-refractivity contribution is -0.156. The number of carbonyl (C=O) groups excluding carboxylic acids is 1. The molecule has 1 aliphatic carbocycles. The van der Waals surface area contributed by atoms with Gasteiger partial charge < -0.3 is 19.7 Å². The fourth-order valence-electron chi connectivity index (χ4n) is 4.09. The number of nitrogens with zero attached hydrogens (tertiary/aromatic N) is 1. The summed E-state index contributed by atoms with van der Waals surface area (Å²) in [5.74, 6) is -0.0322. The Balaban J connectivity index is 1.46. The normalized spacial score (nSPS) is 25.6. The molecule has 4 rings (SSSR count). The summed E-state index contributed by atoms with van der Waals surface area (Å²) in [5, 5.41) is 15.0. The van der Waals surface area contributed by atoms with Crippen LogP contribution in [0.15, 0.2) is 30.5 Å². The average Bonchev–Trinajstić information content (AvgIpc) is 2.97. The van der Waals surface area contributed by atoms with Crippen molar-refractivity contribution >= 4 is 28.4 Å². The van der Waals surface area contributed by atoms with Crippen LogP contribution in [0.25, 0.3) is 10.9 Å². The summed E-state index contributed by atoms with van der Waals surface area (Å²) in [5.41, 5.74) is 0.753. The maximum Gasteiger partial charge on any atom is 0.240 e. The SMILES string of the molecule is O=C(Cn1ccc2ccc(Cl)cc21)N[C@@H]1C[C@@H](O)C12CCOCC2. The molecule has 2 heterocycles. The number of amides is 1. The third kappa shape index (κ3) is 2.61. The van der Waals surface area contributed by atoms with E-state index in [0.717, 1.165) is 23.7 Å². The highest BCUT2D eigenvalue weighted by Crippen LogP contribution is 2.48. The second kappa shape index (κ2) is 6.06. The lowest BCUT2D eigenvalue weighted by atomic mass is 9.58. The molecular weight excluding hydrogens is 328 g/mol. The molecule has 1 aromatic carbocycles. The highest BCUT2D eigenvalue weighted by atomic mass is 35.5. The lowest BCUT2D eigenvalue weighted by Gasteiger charge is -2.55. The second-order valence-corrected chi connectivity index (χ2v) is 7.30. The topological polar surface area (TPSA) is 63.5 Å². The van der Waals surface area contributed by atoms with Gasteiger partial charge in [-0.25, -0.2) is 0 Å². The third-order valence-corrected chi connectivity index (χ3v) is 5.86. The summed E-state index contributed by atoms with van der Waals surface area (Å²) in [4.78, 5) is 12.5. The van der Waals surface area contributed by atoms with E-state index < -0.39 is 0 Å². The van der Waals surface area contributed by atoms with E-state index in [1.54, 1.807) is 0 Å². The van der Waals surface area contributed by atoms with Crippen LogP contribution in [0.2, 0.25) is 5.02 Å². The molecule has 5 nitrogen and oxygen atoms in total. The van der Waals surface area contributed by atoms with Gasteiger partial charge in [-0.3, -0.25) is 4.79 Å². The maximum atomic E-state index is 12.5. The molecule has 24 heavy (non-hydrogen) atoms. The van der Waals surface area contributed by atoms with Crippen LogP contribution >= 0.6 is 11.6 Å². The van der Waals surface area contributed by atoms with Gasteiger partial charge in [0.15, 0.2) is 0 Å². The molecule has 1 saturated heterocycles. The van der Waals surface area contributed by atoms with Gasteiger partial charge in [0.1, 0.15) is 6.54 Å². The van der Waals surface area contributed by atoms with E-state index in [4.69, 9.17) is 16.3 Å². The van der Waals surface area contributed by atoms with Crippen molar-refractivity contribution in [2.75, 3.05) is 13.2 Å². The standard InChI is InChI=1S/C18H21ClN2O3/c19-13-2-1-12-3-6-21(14(12)9-13)11-17(23)20-15-10-16(22)18(15)4-7-24-8-5-18/h1-3,6,9,15-16,22H,4-5,7-8,10-11H2,(H,20,23)/t15-,16-/m1/s1. The van der Waals surface area contributed by atoms with E-state index in [0.29, 0.717) is 24.7 Å². The van der Waals surface area contributed by atoms with Gasteiger partial charge in [-0.15, -0.1) is 0 Å². The van der Waals surface area contributed by atoms with Crippen LogP contribution < -0.4 is 5.32 Å². The molecule has 2 N–H and O–H groups in total. The number of nitrogens with one attached hydrogen (secondary N) is 1. The molecule has 0 radical (unpaired) electrons. The monoisotopic (exact) mass is 348 g/mol. The molecule has 0 unspecified atom stereocenters. The number of rotatable bonds is 3. The summed E-state index contributed by atoms with van der Waals surface area (Å²) in [7, 11) is 0. The molecule has 1 aliphatic heterocycles. The average molecular weight is 349 g/mol. The van der Waals surface area contributed by atoms with Crippen molar-refractivity contribution < 1.29 is 14.6 Å². The zero-order chi connectivity index (χ0) is 16.7. The van der Waals surface area contributed by atoms with Crippen LogP contribution in [-0.2, 0) is 16.1 Å². The number of aliphatic hydroxyl groups excluding tert-OH is 1. The maximum absolute atomic E-state index is 12.5. The Bertz CT molecular complexity index is 767. The minimum absolute atomic E-state index is 0.0322. The molecule has 2 aromatic rings. The number of halogens is 1. The summed E-state index contributed by atoms with van der Waals surface area (Å²) < 4.78 is 7.31. The highest BCUT2D eigenvalue weighted by molar-refractivity contribution is 6.31. The summed E-state index contributed by atoms with van der Waals surface area (Å²) in [6.07, 6.45) is 3.81. The molecule has 0 bridgehead atoms. The number of hydrogen-bond acceptors (Lipinski definition) is 3. The van der Waals surface area contributed by atoms with Gasteiger partial charge in [0.05, 0.1) is 6.10 Å². The van der Waals surface area contributed by atoms with Crippen molar-refractivity contribution in [3.05, 3.63) is 35.5 Å². The zero-order valence-electron chi connectivity index (χ0n) is 13.4. The van der Waals surface area contributed by atoms with Crippen LogP contribution in [0.3, 0.4) is 0 Å². The molecule has 2 atom stereocenters. The predicted octanol–water partition coefficient (Wildman–Crippen LogP) is 2.34. The predicted molar refractivity (Wildman–Crippen MR) is 92.0 cm³/mol. The molecule has 6 heteroatoms. The number of aliphatic hydroxyl groups is 1. The molecule has 2 fully saturated rings. The first-order valence-electron chi connectivity index (χ1n) is 8.38. The van der Waals surface area contributed by atoms with Crippen LogP contribution in [0.5, 0.6) is 0 Å². The summed E-state index contributed by atoms with van der Waals surface area (Å²) in [6, 6.07) is 7.68. The number of fused-ring (bicyclic) bond motifs is 1. The Kier molecular flexibility index (Phi) is 4.03. The van der Waals surface area contributed by atoms with Gasteiger partial charge in [0.25, 0.3) is 0 Å². The number of ether oxygens (including phenoxy) is 1. The van der Waals surface area contributed by atoms with E-state index in [1.165, 1.54) is 0 Å². The molecular formula is C18H21ClN2O3. The third-order valence-electron chi connectivity index (χ3n) is 5.63. The molecule has 1 amide bonds. The van der Waals surface area contributed by atoms with Crippen molar-refractivity contribution in [1.82, 2.24) is 9.88 Å².